The molecule has 1 saturated carbocycles. The third-order valence-corrected chi connectivity index (χ3v) is 8.33. The van der Waals surface area contributed by atoms with Crippen LogP contribution in [-0.2, 0) is 17.8 Å². The molecule has 6 nitrogen and oxygen atoms in total. The normalized spacial score (nSPS) is 21.3. The van der Waals surface area contributed by atoms with Gasteiger partial charge < -0.3 is 9.80 Å². The van der Waals surface area contributed by atoms with Crippen LogP contribution in [0.25, 0.3) is 10.2 Å². The van der Waals surface area contributed by atoms with Gasteiger partial charge in [0.2, 0.25) is 5.91 Å². The molecule has 2 aliphatic heterocycles. The number of hydrogen-bond acceptors (Lipinski definition) is 6. The molecule has 0 atom stereocenters. The molecule has 0 spiro atoms. The minimum absolute atomic E-state index is 0.179. The minimum atomic E-state index is 0.179. The van der Waals surface area contributed by atoms with Crippen LogP contribution in [0, 0.1) is 0 Å². The molecule has 4 heterocycles. The second-order valence-corrected chi connectivity index (χ2v) is 10.1. The third-order valence-electron chi connectivity index (χ3n) is 7.22. The van der Waals surface area contributed by atoms with E-state index in [1.165, 1.54) is 52.8 Å². The number of likely N-dealkylation sites (N-methyl/N-ethyl adjacent to an activating group) is 1. The summed E-state index contributed by atoms with van der Waals surface area (Å²) in [5, 5.41) is 1.31. The second kappa shape index (κ2) is 8.42. The summed E-state index contributed by atoms with van der Waals surface area (Å²) in [5.41, 5.74) is 1.49. The van der Waals surface area contributed by atoms with Crippen molar-refractivity contribution in [2.45, 2.75) is 64.8 Å². The summed E-state index contributed by atoms with van der Waals surface area (Å²) < 4.78 is 0. The van der Waals surface area contributed by atoms with Gasteiger partial charge in [0, 0.05) is 57.0 Å². The number of piperazine rings is 1. The maximum absolute atomic E-state index is 11.8. The monoisotopic (exact) mass is 427 g/mol. The molecule has 2 aromatic heterocycles. The molecular weight excluding hydrogens is 394 g/mol. The highest BCUT2D eigenvalue weighted by atomic mass is 32.1. The van der Waals surface area contributed by atoms with Gasteiger partial charge in [-0.05, 0) is 31.4 Å². The smallest absolute Gasteiger partial charge is 0.219 e. The van der Waals surface area contributed by atoms with E-state index < -0.39 is 0 Å². The molecule has 0 unspecified atom stereocenters. The Morgan fingerprint density at radius 3 is 2.53 bits per heavy atom. The van der Waals surface area contributed by atoms with E-state index in [0.717, 1.165) is 63.9 Å². The summed E-state index contributed by atoms with van der Waals surface area (Å²) in [5.74, 6) is 2.90. The Hall–Kier alpha value is -1.73. The molecule has 2 fully saturated rings. The lowest BCUT2D eigenvalue weighted by atomic mass is 9.88. The van der Waals surface area contributed by atoms with Gasteiger partial charge in [0.15, 0.2) is 0 Å². The zero-order valence-electron chi connectivity index (χ0n) is 18.3. The van der Waals surface area contributed by atoms with Crippen LogP contribution in [0.4, 0.5) is 5.82 Å². The zero-order valence-corrected chi connectivity index (χ0v) is 19.1. The van der Waals surface area contributed by atoms with Gasteiger partial charge in [-0.2, -0.15) is 0 Å². The molecular formula is C23H33N5OS. The van der Waals surface area contributed by atoms with Crippen molar-refractivity contribution in [3.05, 3.63) is 16.3 Å². The van der Waals surface area contributed by atoms with E-state index in [0.29, 0.717) is 5.92 Å². The van der Waals surface area contributed by atoms with Gasteiger partial charge in [0.05, 0.1) is 5.39 Å². The van der Waals surface area contributed by atoms with Crippen LogP contribution in [0.2, 0.25) is 0 Å². The predicted octanol–water partition coefficient (Wildman–Crippen LogP) is 3.79. The maximum atomic E-state index is 11.8. The Morgan fingerprint density at radius 1 is 1.07 bits per heavy atom. The number of amides is 1. The summed E-state index contributed by atoms with van der Waals surface area (Å²) in [6.45, 7) is 10.5. The first-order chi connectivity index (χ1) is 14.6. The number of rotatable bonds is 3. The Kier molecular flexibility index (Phi) is 5.67. The summed E-state index contributed by atoms with van der Waals surface area (Å²) in [6, 6.07) is 0. The van der Waals surface area contributed by atoms with Crippen molar-refractivity contribution in [3.8, 4) is 0 Å². The van der Waals surface area contributed by atoms with Gasteiger partial charge >= 0.3 is 0 Å². The molecule has 162 valence electrons. The molecule has 7 heteroatoms. The van der Waals surface area contributed by atoms with E-state index in [-0.39, 0.29) is 5.91 Å². The molecule has 1 aliphatic carbocycles. The second-order valence-electron chi connectivity index (χ2n) is 9.04. The molecule has 30 heavy (non-hydrogen) atoms. The van der Waals surface area contributed by atoms with Crippen LogP contribution < -0.4 is 4.90 Å². The lowest BCUT2D eigenvalue weighted by Gasteiger charge is -2.36. The molecule has 5 rings (SSSR count). The average Bonchev–Trinajstić information content (AvgIpc) is 3.16. The Labute approximate surface area is 183 Å². The molecule has 0 aromatic carbocycles. The van der Waals surface area contributed by atoms with E-state index >= 15 is 0 Å². The molecule has 0 radical (unpaired) electrons. The fraction of sp³-hybridized carbons (Fsp3) is 0.696. The van der Waals surface area contributed by atoms with Crippen molar-refractivity contribution < 1.29 is 4.79 Å². The van der Waals surface area contributed by atoms with Crippen molar-refractivity contribution in [3.63, 3.8) is 0 Å². The largest absolute Gasteiger partial charge is 0.352 e. The summed E-state index contributed by atoms with van der Waals surface area (Å²) >= 11 is 1.90. The Bertz CT molecular complexity index is 927. The number of anilines is 1. The van der Waals surface area contributed by atoms with Crippen molar-refractivity contribution in [1.29, 1.82) is 0 Å². The number of thiophene rings is 1. The van der Waals surface area contributed by atoms with Crippen molar-refractivity contribution >= 4 is 33.3 Å². The van der Waals surface area contributed by atoms with Gasteiger partial charge in [-0.3, -0.25) is 9.69 Å². The quantitative estimate of drug-likeness (QED) is 0.746. The maximum Gasteiger partial charge on any atom is 0.219 e. The van der Waals surface area contributed by atoms with Crippen LogP contribution in [0.5, 0.6) is 0 Å². The molecule has 3 aliphatic rings. The highest BCUT2D eigenvalue weighted by Gasteiger charge is 2.29. The number of fused-ring (bicyclic) bond motifs is 3. The van der Waals surface area contributed by atoms with Crippen molar-refractivity contribution in [1.82, 2.24) is 19.8 Å². The fourth-order valence-corrected chi connectivity index (χ4v) is 6.58. The SMILES string of the molecule is CCN1CCc2c(sc3nc(C4CCCCC4)nc(N4CCN(C(C)=O)CC4)c23)C1. The van der Waals surface area contributed by atoms with Gasteiger partial charge in [-0.25, -0.2) is 9.97 Å². The molecule has 0 N–H and O–H groups in total. The molecule has 0 bridgehead atoms. The fourth-order valence-electron chi connectivity index (χ4n) is 5.32. The van der Waals surface area contributed by atoms with Gasteiger partial charge in [0.1, 0.15) is 16.5 Å². The number of carbonyl (C=O) groups excluding carboxylic acids is 1. The Balaban J connectivity index is 1.55. The van der Waals surface area contributed by atoms with E-state index in [1.54, 1.807) is 6.92 Å². The van der Waals surface area contributed by atoms with Crippen LogP contribution >= 0.6 is 11.3 Å². The first-order valence-corrected chi connectivity index (χ1v) is 12.5. The highest BCUT2D eigenvalue weighted by Crippen LogP contribution is 2.41. The predicted molar refractivity (Wildman–Crippen MR) is 122 cm³/mol. The van der Waals surface area contributed by atoms with Crippen LogP contribution in [-0.4, -0.2) is 64.9 Å². The first kappa shape index (κ1) is 20.2. The molecule has 1 amide bonds. The number of nitrogens with zero attached hydrogens (tertiary/aromatic N) is 5. The van der Waals surface area contributed by atoms with E-state index in [4.69, 9.17) is 9.97 Å². The van der Waals surface area contributed by atoms with E-state index in [2.05, 4.69) is 16.7 Å². The number of carbonyl (C=O) groups is 1. The van der Waals surface area contributed by atoms with Crippen LogP contribution in [0.15, 0.2) is 0 Å². The lowest BCUT2D eigenvalue weighted by molar-refractivity contribution is -0.129. The van der Waals surface area contributed by atoms with E-state index in [1.807, 2.05) is 16.2 Å². The first-order valence-electron chi connectivity index (χ1n) is 11.7. The van der Waals surface area contributed by atoms with Gasteiger partial charge in [-0.1, -0.05) is 26.2 Å². The molecule has 1 saturated heterocycles. The Morgan fingerprint density at radius 2 is 1.83 bits per heavy atom. The van der Waals surface area contributed by atoms with Crippen LogP contribution in [0.1, 0.15) is 68.1 Å². The number of aromatic nitrogens is 2. The topological polar surface area (TPSA) is 52.6 Å². The highest BCUT2D eigenvalue weighted by molar-refractivity contribution is 7.19. The number of hydrogen-bond donors (Lipinski definition) is 0. The lowest BCUT2D eigenvalue weighted by Crippen LogP contribution is -2.48. The van der Waals surface area contributed by atoms with Crippen LogP contribution in [0.3, 0.4) is 0 Å². The van der Waals surface area contributed by atoms with Crippen molar-refractivity contribution in [2.24, 2.45) is 0 Å². The summed E-state index contributed by atoms with van der Waals surface area (Å²) in [4.78, 5) is 31.8. The summed E-state index contributed by atoms with van der Waals surface area (Å²) in [7, 11) is 0. The zero-order chi connectivity index (χ0) is 20.7. The van der Waals surface area contributed by atoms with E-state index in [9.17, 15) is 4.79 Å². The van der Waals surface area contributed by atoms with Gasteiger partial charge in [0.25, 0.3) is 0 Å². The van der Waals surface area contributed by atoms with Crippen molar-refractivity contribution in [2.75, 3.05) is 44.2 Å². The third kappa shape index (κ3) is 3.71. The van der Waals surface area contributed by atoms with Gasteiger partial charge in [-0.15, -0.1) is 11.3 Å². The standard InChI is InChI=1S/C23H33N5OS/c1-3-26-10-9-18-19(15-26)30-23-20(18)22(28-13-11-27(12-14-28)16(2)29)24-21(25-23)17-7-5-4-6-8-17/h17H,3-15H2,1-2H3. The minimum Gasteiger partial charge on any atom is -0.352 e. The summed E-state index contributed by atoms with van der Waals surface area (Å²) in [6.07, 6.45) is 7.47. The average molecular weight is 428 g/mol. The molecule has 2 aromatic rings.